The third-order valence-corrected chi connectivity index (χ3v) is 6.64. The van der Waals surface area contributed by atoms with Gasteiger partial charge in [0.25, 0.3) is 5.91 Å². The van der Waals surface area contributed by atoms with Crippen molar-refractivity contribution in [1.82, 2.24) is 4.90 Å². The molecule has 0 saturated carbocycles. The van der Waals surface area contributed by atoms with Crippen LogP contribution >= 0.6 is 0 Å². The largest absolute Gasteiger partial charge is 0.336 e. The standard InChI is InChI=1S/C24H29N5O4S/c1-5-22(30)26-18-9-7-17(8-10-18)23(31)29-13-12-19(15-29)27-24(25-3)28-21-14-20(34(4,32)33)11-6-16(21)2/h6-11,14,19H,3,5,12-13,15H2,1-2,4H3,(H,26,30)(H,27,28)/t19-/m1/s1. The average molecular weight is 484 g/mol. The third kappa shape index (κ3) is 6.28. The highest BCUT2D eigenvalue weighted by Gasteiger charge is 2.27. The molecule has 0 aromatic heterocycles. The maximum atomic E-state index is 12.9. The van der Waals surface area contributed by atoms with E-state index >= 15 is 0 Å². The van der Waals surface area contributed by atoms with Gasteiger partial charge in [-0.3, -0.25) is 9.59 Å². The Kier molecular flexibility index (Phi) is 7.83. The van der Waals surface area contributed by atoms with Crippen molar-refractivity contribution >= 4 is 45.7 Å². The van der Waals surface area contributed by atoms with Crippen LogP contribution in [0.2, 0.25) is 0 Å². The van der Waals surface area contributed by atoms with Crippen LogP contribution in [0.3, 0.4) is 0 Å². The Bertz CT molecular complexity index is 1220. The molecule has 0 unspecified atom stereocenters. The van der Waals surface area contributed by atoms with Gasteiger partial charge in [-0.05, 0) is 62.0 Å². The minimum atomic E-state index is -3.35. The summed E-state index contributed by atoms with van der Waals surface area (Å²) in [4.78, 5) is 34.9. The van der Waals surface area contributed by atoms with Gasteiger partial charge in [-0.15, -0.1) is 0 Å². The molecule has 1 atom stereocenters. The lowest BCUT2D eigenvalue weighted by Crippen LogP contribution is -2.29. The Labute approximate surface area is 199 Å². The number of guanidine groups is 1. The number of benzene rings is 2. The molecule has 3 rings (SSSR count). The van der Waals surface area contributed by atoms with Crippen molar-refractivity contribution < 1.29 is 18.0 Å². The predicted molar refractivity (Wildman–Crippen MR) is 135 cm³/mol. The quantitative estimate of drug-likeness (QED) is 0.483. The van der Waals surface area contributed by atoms with Crippen LogP contribution in [0.25, 0.3) is 0 Å². The highest BCUT2D eigenvalue weighted by atomic mass is 32.2. The summed E-state index contributed by atoms with van der Waals surface area (Å²) in [5.74, 6) is 0.0747. The lowest BCUT2D eigenvalue weighted by molar-refractivity contribution is -0.115. The fraction of sp³-hybridized carbons (Fsp3) is 0.333. The van der Waals surface area contributed by atoms with E-state index in [0.29, 0.717) is 42.9 Å². The number of nitrogens with zero attached hydrogens (tertiary/aromatic N) is 3. The van der Waals surface area contributed by atoms with Crippen molar-refractivity contribution in [2.75, 3.05) is 30.0 Å². The summed E-state index contributed by atoms with van der Waals surface area (Å²) in [6.45, 7) is 8.17. The molecule has 0 aliphatic carbocycles. The van der Waals surface area contributed by atoms with Gasteiger partial charge in [0.2, 0.25) is 11.9 Å². The zero-order valence-electron chi connectivity index (χ0n) is 19.5. The molecule has 2 aromatic rings. The Morgan fingerprint density at radius 1 is 1.15 bits per heavy atom. The zero-order valence-corrected chi connectivity index (χ0v) is 20.4. The number of carbonyl (C=O) groups is 2. The molecule has 0 spiro atoms. The number of aryl methyl sites for hydroxylation is 1. The number of rotatable bonds is 6. The number of sulfone groups is 1. The first kappa shape index (κ1) is 25.1. The van der Waals surface area contributed by atoms with E-state index in [0.717, 1.165) is 11.8 Å². The summed E-state index contributed by atoms with van der Waals surface area (Å²) in [5, 5.41) is 5.82. The summed E-state index contributed by atoms with van der Waals surface area (Å²) in [6, 6.07) is 11.5. The second kappa shape index (κ2) is 10.6. The smallest absolute Gasteiger partial charge is 0.253 e. The Hall–Kier alpha value is -3.53. The average Bonchev–Trinajstić information content (AvgIpc) is 3.27. The van der Waals surface area contributed by atoms with Crippen LogP contribution in [0, 0.1) is 6.92 Å². The molecule has 34 heavy (non-hydrogen) atoms. The molecule has 0 bridgehead atoms. The molecule has 1 aliphatic heterocycles. The molecule has 1 saturated heterocycles. The van der Waals surface area contributed by atoms with E-state index in [1.165, 1.54) is 0 Å². The lowest BCUT2D eigenvalue weighted by atomic mass is 10.2. The second-order valence-corrected chi connectivity index (χ2v) is 10.2. The number of amides is 2. The van der Waals surface area contributed by atoms with Crippen LogP contribution in [0.5, 0.6) is 0 Å². The van der Waals surface area contributed by atoms with E-state index in [2.05, 4.69) is 27.3 Å². The first-order valence-electron chi connectivity index (χ1n) is 10.9. The van der Waals surface area contributed by atoms with Crippen molar-refractivity contribution in [3.8, 4) is 0 Å². The van der Waals surface area contributed by atoms with Gasteiger partial charge in [-0.2, -0.15) is 0 Å². The van der Waals surface area contributed by atoms with Crippen molar-refractivity contribution in [2.45, 2.75) is 37.6 Å². The number of likely N-dealkylation sites (tertiary alicyclic amines) is 1. The highest BCUT2D eigenvalue weighted by Crippen LogP contribution is 2.22. The summed E-state index contributed by atoms with van der Waals surface area (Å²) in [5.41, 5.74) is 2.60. The van der Waals surface area contributed by atoms with E-state index in [9.17, 15) is 18.0 Å². The molecule has 1 fully saturated rings. The monoisotopic (exact) mass is 483 g/mol. The summed E-state index contributed by atoms with van der Waals surface area (Å²) < 4.78 is 23.8. The molecule has 1 heterocycles. The lowest BCUT2D eigenvalue weighted by Gasteiger charge is -2.16. The summed E-state index contributed by atoms with van der Waals surface area (Å²) >= 11 is 0. The fourth-order valence-corrected chi connectivity index (χ4v) is 4.18. The molecule has 10 heteroatoms. The number of aliphatic imine (C=N–C) groups is 2. The Morgan fingerprint density at radius 3 is 2.47 bits per heavy atom. The number of anilines is 2. The van der Waals surface area contributed by atoms with E-state index < -0.39 is 9.84 Å². The first-order valence-corrected chi connectivity index (χ1v) is 12.8. The molecular weight excluding hydrogens is 454 g/mol. The van der Waals surface area contributed by atoms with Gasteiger partial charge in [0.05, 0.1) is 10.9 Å². The molecule has 0 radical (unpaired) electrons. The number of carbonyl (C=O) groups excluding carboxylic acids is 2. The van der Waals surface area contributed by atoms with Gasteiger partial charge in [-0.1, -0.05) is 13.0 Å². The zero-order chi connectivity index (χ0) is 24.9. The van der Waals surface area contributed by atoms with Gasteiger partial charge in [0.15, 0.2) is 9.84 Å². The fourth-order valence-electron chi connectivity index (χ4n) is 3.53. The first-order chi connectivity index (χ1) is 16.1. The molecule has 2 N–H and O–H groups in total. The minimum Gasteiger partial charge on any atom is -0.336 e. The van der Waals surface area contributed by atoms with E-state index in [1.54, 1.807) is 54.3 Å². The highest BCUT2D eigenvalue weighted by molar-refractivity contribution is 7.90. The van der Waals surface area contributed by atoms with Crippen LogP contribution in [-0.2, 0) is 14.6 Å². The van der Waals surface area contributed by atoms with Crippen LogP contribution in [0.15, 0.2) is 57.3 Å². The maximum absolute atomic E-state index is 12.9. The van der Waals surface area contributed by atoms with Crippen LogP contribution in [0.1, 0.15) is 35.7 Å². The summed E-state index contributed by atoms with van der Waals surface area (Å²) in [6.07, 6.45) is 2.20. The predicted octanol–water partition coefficient (Wildman–Crippen LogP) is 3.13. The topological polar surface area (TPSA) is 120 Å². The van der Waals surface area contributed by atoms with Crippen LogP contribution in [0.4, 0.5) is 11.4 Å². The van der Waals surface area contributed by atoms with Crippen molar-refractivity contribution in [3.63, 3.8) is 0 Å². The molecule has 180 valence electrons. The Morgan fingerprint density at radius 2 is 1.85 bits per heavy atom. The molecule has 1 aliphatic rings. The van der Waals surface area contributed by atoms with Crippen LogP contribution < -0.4 is 10.6 Å². The number of nitrogens with one attached hydrogen (secondary N) is 2. The van der Waals surface area contributed by atoms with Gasteiger partial charge < -0.3 is 15.5 Å². The maximum Gasteiger partial charge on any atom is 0.253 e. The van der Waals surface area contributed by atoms with Gasteiger partial charge in [0, 0.05) is 42.7 Å². The number of hydrogen-bond acceptors (Lipinski definition) is 5. The molecular formula is C24H29N5O4S. The molecule has 9 nitrogen and oxygen atoms in total. The van der Waals surface area contributed by atoms with E-state index in [4.69, 9.17) is 0 Å². The second-order valence-electron chi connectivity index (χ2n) is 8.16. The van der Waals surface area contributed by atoms with Crippen molar-refractivity contribution in [1.29, 1.82) is 0 Å². The summed E-state index contributed by atoms with van der Waals surface area (Å²) in [7, 11) is -3.35. The molecule has 2 amide bonds. The molecule has 2 aromatic carbocycles. The van der Waals surface area contributed by atoms with Crippen molar-refractivity contribution in [2.24, 2.45) is 9.98 Å². The van der Waals surface area contributed by atoms with Crippen molar-refractivity contribution in [3.05, 3.63) is 53.6 Å². The van der Waals surface area contributed by atoms with E-state index in [1.807, 2.05) is 6.92 Å². The minimum absolute atomic E-state index is 0.0854. The normalized spacial score (nSPS) is 16.3. The SMILES string of the molecule is C=NC(=N[C@@H]1CCN(C(=O)c2ccc(NC(=O)CC)cc2)C1)Nc1cc(S(C)(=O)=O)ccc1C. The van der Waals surface area contributed by atoms with Gasteiger partial charge in [-0.25, -0.2) is 18.4 Å². The van der Waals surface area contributed by atoms with Gasteiger partial charge >= 0.3 is 0 Å². The number of hydrogen-bond donors (Lipinski definition) is 2. The van der Waals surface area contributed by atoms with Crippen LogP contribution in [-0.4, -0.2) is 63.2 Å². The van der Waals surface area contributed by atoms with E-state index in [-0.39, 0.29) is 28.7 Å². The van der Waals surface area contributed by atoms with Gasteiger partial charge in [0.1, 0.15) is 0 Å². The Balaban J connectivity index is 1.67. The third-order valence-electron chi connectivity index (χ3n) is 5.53.